The molecule has 4 aromatic rings. The van der Waals surface area contributed by atoms with Gasteiger partial charge in [0.2, 0.25) is 5.82 Å². The van der Waals surface area contributed by atoms with E-state index in [0.717, 1.165) is 11.1 Å². The topological polar surface area (TPSA) is 88.4 Å². The molecule has 0 radical (unpaired) electrons. The van der Waals surface area contributed by atoms with Crippen molar-refractivity contribution < 1.29 is 19.0 Å². The molecular formula is C33H28N4O4. The molecule has 41 heavy (non-hydrogen) atoms. The fraction of sp³-hybridized carbons (Fsp3) is 0.333. The summed E-state index contributed by atoms with van der Waals surface area (Å²) in [5, 5.41) is 0. The van der Waals surface area contributed by atoms with Crippen LogP contribution in [0, 0.1) is 35.0 Å². The number of imidazole rings is 1. The second-order valence-electron chi connectivity index (χ2n) is 11.0. The molecule has 8 heteroatoms. The molecule has 8 nitrogen and oxygen atoms in total. The van der Waals surface area contributed by atoms with E-state index < -0.39 is 17.3 Å². The average Bonchev–Trinajstić information content (AvgIpc) is 3.30. The van der Waals surface area contributed by atoms with Crippen LogP contribution in [0.2, 0.25) is 0 Å². The Hall–Kier alpha value is -4.50. The Bertz CT molecular complexity index is 1780. The summed E-state index contributed by atoms with van der Waals surface area (Å²) in [5.41, 5.74) is 2.64. The lowest BCUT2D eigenvalue weighted by molar-refractivity contribution is -0.172. The fourth-order valence-electron chi connectivity index (χ4n) is 6.27. The van der Waals surface area contributed by atoms with Crippen LogP contribution in [0.15, 0.2) is 67.0 Å². The summed E-state index contributed by atoms with van der Waals surface area (Å²) in [6.45, 7) is 5.89. The normalized spacial score (nSPS) is 26.7. The number of rotatable bonds is 3. The molecule has 2 saturated carbocycles. The Balaban J connectivity index is 1.35. The summed E-state index contributed by atoms with van der Waals surface area (Å²) in [4.78, 5) is 27.5. The molecule has 0 bridgehead atoms. The maximum Gasteiger partial charge on any atom is 0.315 e. The van der Waals surface area contributed by atoms with Gasteiger partial charge in [-0.1, -0.05) is 48.2 Å². The smallest absolute Gasteiger partial charge is 0.315 e. The number of nitrogens with zero attached hydrogens (tertiary/aromatic N) is 4. The maximum atomic E-state index is 13.2. The zero-order valence-corrected chi connectivity index (χ0v) is 23.0. The van der Waals surface area contributed by atoms with Crippen molar-refractivity contribution in [3.8, 4) is 23.7 Å². The molecular weight excluding hydrogens is 516 g/mol. The van der Waals surface area contributed by atoms with Crippen LogP contribution in [0.5, 0.6) is 0 Å². The molecule has 2 aromatic carbocycles. The van der Waals surface area contributed by atoms with E-state index in [-0.39, 0.29) is 24.0 Å². The molecule has 204 valence electrons. The van der Waals surface area contributed by atoms with Gasteiger partial charge >= 0.3 is 5.97 Å². The van der Waals surface area contributed by atoms with Crippen molar-refractivity contribution in [2.45, 2.75) is 51.2 Å². The van der Waals surface area contributed by atoms with Crippen molar-refractivity contribution in [3.05, 3.63) is 89.6 Å². The maximum absolute atomic E-state index is 13.2. The van der Waals surface area contributed by atoms with Gasteiger partial charge in [-0.15, -0.1) is 0 Å². The summed E-state index contributed by atoms with van der Waals surface area (Å²) in [5.74, 6) is 11.9. The summed E-state index contributed by atoms with van der Waals surface area (Å²) < 4.78 is 20.3. The molecule has 0 spiro atoms. The minimum Gasteiger partial charge on any atom is -0.465 e. The highest BCUT2D eigenvalue weighted by Gasteiger charge is 2.80. The van der Waals surface area contributed by atoms with E-state index in [0.29, 0.717) is 35.7 Å². The van der Waals surface area contributed by atoms with E-state index in [9.17, 15) is 4.79 Å². The quantitative estimate of drug-likeness (QED) is 0.281. The zero-order valence-electron chi connectivity index (χ0n) is 23.0. The summed E-state index contributed by atoms with van der Waals surface area (Å²) >= 11 is 0. The largest absolute Gasteiger partial charge is 0.465 e. The van der Waals surface area contributed by atoms with Gasteiger partial charge < -0.3 is 18.8 Å². The fourth-order valence-corrected chi connectivity index (χ4v) is 6.27. The second-order valence-corrected chi connectivity index (χ2v) is 11.0. The molecule has 1 saturated heterocycles. The molecule has 0 N–H and O–H groups in total. The molecule has 3 aliphatic rings. The van der Waals surface area contributed by atoms with E-state index in [2.05, 4.69) is 23.7 Å². The molecule has 2 aliphatic carbocycles. The lowest BCUT2D eigenvalue weighted by Crippen LogP contribution is -2.36. The first-order chi connectivity index (χ1) is 19.9. The van der Waals surface area contributed by atoms with Crippen molar-refractivity contribution in [1.29, 1.82) is 0 Å². The molecule has 5 atom stereocenters. The summed E-state index contributed by atoms with van der Waals surface area (Å²) in [6.07, 6.45) is 1.62. The van der Waals surface area contributed by atoms with E-state index in [1.807, 2.05) is 86.0 Å². The van der Waals surface area contributed by atoms with Crippen LogP contribution < -0.4 is 0 Å². The Kier molecular flexibility index (Phi) is 5.93. The highest BCUT2D eigenvalue weighted by atomic mass is 16.8. The summed E-state index contributed by atoms with van der Waals surface area (Å²) in [7, 11) is 0. The first-order valence-electron chi connectivity index (χ1n) is 13.8. The minimum atomic E-state index is -0.829. The van der Waals surface area contributed by atoms with Crippen LogP contribution in [-0.4, -0.2) is 50.1 Å². The van der Waals surface area contributed by atoms with Gasteiger partial charge in [0, 0.05) is 17.0 Å². The van der Waals surface area contributed by atoms with E-state index in [1.165, 1.54) is 0 Å². The highest BCUT2D eigenvalue weighted by molar-refractivity contribution is 5.83. The average molecular weight is 545 g/mol. The van der Waals surface area contributed by atoms with Gasteiger partial charge in [0.05, 0.1) is 19.0 Å². The van der Waals surface area contributed by atoms with Crippen LogP contribution in [0.4, 0.5) is 0 Å². The van der Waals surface area contributed by atoms with Crippen molar-refractivity contribution in [2.24, 2.45) is 11.3 Å². The predicted octanol–water partition coefficient (Wildman–Crippen LogP) is 4.27. The summed E-state index contributed by atoms with van der Waals surface area (Å²) in [6, 6.07) is 19.2. The number of benzene rings is 2. The number of hydrogen-bond acceptors (Lipinski definition) is 7. The number of carbonyl (C=O) groups excluding carboxylic acids is 1. The number of esters is 1. The number of aromatic nitrogens is 4. The van der Waals surface area contributed by atoms with Crippen molar-refractivity contribution in [3.63, 3.8) is 0 Å². The van der Waals surface area contributed by atoms with E-state index in [1.54, 1.807) is 6.33 Å². The number of carbonyl (C=O) groups is 1. The monoisotopic (exact) mass is 544 g/mol. The minimum absolute atomic E-state index is 0.0299. The van der Waals surface area contributed by atoms with Gasteiger partial charge in [-0.2, -0.15) is 0 Å². The van der Waals surface area contributed by atoms with Gasteiger partial charge in [0.15, 0.2) is 11.4 Å². The standard InChI is InChI=1S/C33H28N4O4/c1-4-39-31(38)33-19-23(33)27(28-29(33)41-32(2,3)40-28)37-20-34-26-24(17-15-21-11-7-5-8-12-21)35-25(36-30(26)37)18-16-22-13-9-6-10-14-22/h5-14,20,23,27-29H,4,19H2,1-3H3/t23?,27-,28+,29+,33?/m1/s1. The SMILES string of the molecule is CCOC(=O)C12CC1[C@@H](n1cnc3c(C#Cc4ccccc4)nc(C#Cc4ccccc4)nc31)[C@@H]1OC(C)(C)O[C@@H]12. The van der Waals surface area contributed by atoms with Gasteiger partial charge in [-0.25, -0.2) is 15.0 Å². The van der Waals surface area contributed by atoms with Crippen molar-refractivity contribution >= 4 is 17.1 Å². The van der Waals surface area contributed by atoms with E-state index >= 15 is 0 Å². The lowest BCUT2D eigenvalue weighted by atomic mass is 9.99. The number of hydrogen-bond donors (Lipinski definition) is 0. The Labute approximate surface area is 238 Å². The molecule has 3 heterocycles. The second kappa shape index (κ2) is 9.55. The third-order valence-electron chi connectivity index (χ3n) is 8.03. The van der Waals surface area contributed by atoms with Crippen LogP contribution in [0.25, 0.3) is 11.2 Å². The van der Waals surface area contributed by atoms with Crippen molar-refractivity contribution in [1.82, 2.24) is 19.5 Å². The van der Waals surface area contributed by atoms with Crippen LogP contribution in [0.3, 0.4) is 0 Å². The molecule has 2 unspecified atom stereocenters. The van der Waals surface area contributed by atoms with Crippen LogP contribution in [-0.2, 0) is 19.0 Å². The molecule has 3 fully saturated rings. The first kappa shape index (κ1) is 25.5. The van der Waals surface area contributed by atoms with Crippen LogP contribution in [0.1, 0.15) is 55.9 Å². The molecule has 2 aromatic heterocycles. The predicted molar refractivity (Wildman–Crippen MR) is 150 cm³/mol. The van der Waals surface area contributed by atoms with Gasteiger partial charge in [-0.05, 0) is 63.3 Å². The molecule has 7 rings (SSSR count). The Morgan fingerprint density at radius 3 is 2.34 bits per heavy atom. The third-order valence-corrected chi connectivity index (χ3v) is 8.03. The van der Waals surface area contributed by atoms with Gasteiger partial charge in [0.25, 0.3) is 0 Å². The van der Waals surface area contributed by atoms with E-state index in [4.69, 9.17) is 29.2 Å². The van der Waals surface area contributed by atoms with Gasteiger partial charge in [-0.3, -0.25) is 4.79 Å². The molecule has 1 aliphatic heterocycles. The Morgan fingerprint density at radius 1 is 0.976 bits per heavy atom. The zero-order chi connectivity index (χ0) is 28.2. The first-order valence-corrected chi connectivity index (χ1v) is 13.8. The number of ether oxygens (including phenoxy) is 3. The van der Waals surface area contributed by atoms with Crippen LogP contribution >= 0.6 is 0 Å². The third kappa shape index (κ3) is 4.28. The van der Waals surface area contributed by atoms with Gasteiger partial charge in [0.1, 0.15) is 28.8 Å². The number of fused-ring (bicyclic) bond motifs is 4. The Morgan fingerprint density at radius 2 is 1.66 bits per heavy atom. The highest BCUT2D eigenvalue weighted by Crippen LogP contribution is 2.72. The van der Waals surface area contributed by atoms with Crippen molar-refractivity contribution in [2.75, 3.05) is 6.61 Å². The lowest BCUT2D eigenvalue weighted by Gasteiger charge is -2.24. The molecule has 0 amide bonds.